The Morgan fingerprint density at radius 3 is 3.07 bits per heavy atom. The van der Waals surface area contributed by atoms with E-state index in [1.165, 1.54) is 0 Å². The first-order valence-electron chi connectivity index (χ1n) is 5.79. The lowest BCUT2D eigenvalue weighted by molar-refractivity contribution is -0.137. The number of ether oxygens (including phenoxy) is 1. The van der Waals surface area contributed by atoms with E-state index in [0.29, 0.717) is 18.6 Å². The molecule has 0 aromatic carbocycles. The van der Waals surface area contributed by atoms with Crippen molar-refractivity contribution in [1.29, 1.82) is 0 Å². The molecule has 0 spiro atoms. The van der Waals surface area contributed by atoms with Gasteiger partial charge in [0.2, 0.25) is 0 Å². The van der Waals surface area contributed by atoms with Crippen LogP contribution in [0.3, 0.4) is 0 Å². The molecule has 0 radical (unpaired) electrons. The maximum Gasteiger partial charge on any atom is 0.303 e. The van der Waals surface area contributed by atoms with Crippen molar-refractivity contribution in [3.63, 3.8) is 0 Å². The molecule has 0 aromatic heterocycles. The number of aliphatic carboxylic acids is 1. The minimum absolute atomic E-state index is 0.257. The van der Waals surface area contributed by atoms with Gasteiger partial charge in [-0.25, -0.2) is 0 Å². The average Bonchev–Trinajstić information content (AvgIpc) is 2.24. The number of carbonyl (C=O) groups is 1. The molecule has 2 N–H and O–H groups in total. The Bertz CT molecular complexity index is 196. The zero-order valence-corrected chi connectivity index (χ0v) is 9.37. The predicted molar refractivity (Wildman–Crippen MR) is 57.9 cm³/mol. The molecule has 1 rings (SSSR count). The van der Waals surface area contributed by atoms with Crippen molar-refractivity contribution in [3.8, 4) is 0 Å². The smallest absolute Gasteiger partial charge is 0.303 e. The van der Waals surface area contributed by atoms with Gasteiger partial charge in [0, 0.05) is 19.1 Å². The summed E-state index contributed by atoms with van der Waals surface area (Å²) in [6.07, 6.45) is 4.52. The first-order valence-corrected chi connectivity index (χ1v) is 5.79. The fourth-order valence-corrected chi connectivity index (χ4v) is 1.90. The second-order valence-corrected chi connectivity index (χ2v) is 4.07. The van der Waals surface area contributed by atoms with Crippen LogP contribution in [-0.2, 0) is 9.53 Å². The van der Waals surface area contributed by atoms with Crippen LogP contribution in [0.25, 0.3) is 0 Å². The molecule has 88 valence electrons. The average molecular weight is 215 g/mol. The standard InChI is InChI=1S/C11H21NO3/c1-2-10-8-9(5-7-15-10)12-6-3-4-11(13)14/h9-10,12H,2-8H2,1H3,(H,13,14). The van der Waals surface area contributed by atoms with E-state index in [0.717, 1.165) is 32.4 Å². The quantitative estimate of drug-likeness (QED) is 0.657. The Kier molecular flexibility index (Phi) is 5.65. The summed E-state index contributed by atoms with van der Waals surface area (Å²) >= 11 is 0. The first-order chi connectivity index (χ1) is 7.22. The van der Waals surface area contributed by atoms with Gasteiger partial charge in [0.1, 0.15) is 0 Å². The highest BCUT2D eigenvalue weighted by molar-refractivity contribution is 5.66. The van der Waals surface area contributed by atoms with Crippen molar-refractivity contribution in [2.75, 3.05) is 13.2 Å². The van der Waals surface area contributed by atoms with E-state index < -0.39 is 5.97 Å². The largest absolute Gasteiger partial charge is 0.481 e. The molecule has 1 aliphatic heterocycles. The highest BCUT2D eigenvalue weighted by Gasteiger charge is 2.20. The Morgan fingerprint density at radius 2 is 2.40 bits per heavy atom. The molecule has 2 unspecified atom stereocenters. The fraction of sp³-hybridized carbons (Fsp3) is 0.909. The van der Waals surface area contributed by atoms with Gasteiger partial charge in [-0.1, -0.05) is 6.92 Å². The summed E-state index contributed by atoms with van der Waals surface area (Å²) in [5, 5.41) is 11.9. The van der Waals surface area contributed by atoms with Crippen molar-refractivity contribution in [2.45, 2.75) is 51.2 Å². The van der Waals surface area contributed by atoms with Crippen LogP contribution in [0.15, 0.2) is 0 Å². The lowest BCUT2D eigenvalue weighted by atomic mass is 10.0. The molecule has 0 amide bonds. The van der Waals surface area contributed by atoms with Crippen LogP contribution in [0.1, 0.15) is 39.0 Å². The second kappa shape index (κ2) is 6.80. The van der Waals surface area contributed by atoms with Crippen LogP contribution in [0.4, 0.5) is 0 Å². The van der Waals surface area contributed by atoms with E-state index in [1.54, 1.807) is 0 Å². The Morgan fingerprint density at radius 1 is 1.60 bits per heavy atom. The summed E-state index contributed by atoms with van der Waals surface area (Å²) in [6.45, 7) is 3.76. The molecule has 4 heteroatoms. The van der Waals surface area contributed by atoms with Gasteiger partial charge in [0.25, 0.3) is 0 Å². The van der Waals surface area contributed by atoms with E-state index in [-0.39, 0.29) is 6.42 Å². The molecule has 1 saturated heterocycles. The molecule has 15 heavy (non-hydrogen) atoms. The minimum Gasteiger partial charge on any atom is -0.481 e. The van der Waals surface area contributed by atoms with Crippen LogP contribution >= 0.6 is 0 Å². The highest BCUT2D eigenvalue weighted by Crippen LogP contribution is 2.16. The van der Waals surface area contributed by atoms with Crippen molar-refractivity contribution < 1.29 is 14.6 Å². The molecule has 0 aliphatic carbocycles. The van der Waals surface area contributed by atoms with Crippen molar-refractivity contribution in [2.24, 2.45) is 0 Å². The molecule has 1 fully saturated rings. The molecule has 0 aromatic rings. The van der Waals surface area contributed by atoms with Crippen LogP contribution in [0, 0.1) is 0 Å². The van der Waals surface area contributed by atoms with Gasteiger partial charge in [0.05, 0.1) is 6.10 Å². The van der Waals surface area contributed by atoms with Gasteiger partial charge < -0.3 is 15.2 Å². The maximum absolute atomic E-state index is 10.3. The molecule has 0 saturated carbocycles. The first kappa shape index (κ1) is 12.5. The third-order valence-corrected chi connectivity index (χ3v) is 2.82. The Labute approximate surface area is 91.0 Å². The van der Waals surface area contributed by atoms with Crippen LogP contribution in [0.5, 0.6) is 0 Å². The van der Waals surface area contributed by atoms with Gasteiger partial charge >= 0.3 is 5.97 Å². The lowest BCUT2D eigenvalue weighted by Gasteiger charge is -2.29. The molecule has 4 nitrogen and oxygen atoms in total. The summed E-state index contributed by atoms with van der Waals surface area (Å²) in [5.74, 6) is -0.713. The summed E-state index contributed by atoms with van der Waals surface area (Å²) < 4.78 is 5.57. The number of carboxylic acid groups (broad SMARTS) is 1. The summed E-state index contributed by atoms with van der Waals surface area (Å²) in [4.78, 5) is 10.3. The molecular weight excluding hydrogens is 194 g/mol. The topological polar surface area (TPSA) is 58.6 Å². The Hall–Kier alpha value is -0.610. The summed E-state index contributed by atoms with van der Waals surface area (Å²) in [5.41, 5.74) is 0. The van der Waals surface area contributed by atoms with E-state index in [1.807, 2.05) is 0 Å². The summed E-state index contributed by atoms with van der Waals surface area (Å²) in [6, 6.07) is 0.512. The monoisotopic (exact) mass is 215 g/mol. The summed E-state index contributed by atoms with van der Waals surface area (Å²) in [7, 11) is 0. The van der Waals surface area contributed by atoms with Crippen LogP contribution < -0.4 is 5.32 Å². The van der Waals surface area contributed by atoms with E-state index >= 15 is 0 Å². The fourth-order valence-electron chi connectivity index (χ4n) is 1.90. The normalized spacial score (nSPS) is 26.5. The number of rotatable bonds is 6. The third kappa shape index (κ3) is 5.14. The molecule has 0 bridgehead atoms. The number of hydrogen-bond donors (Lipinski definition) is 2. The minimum atomic E-state index is -0.713. The third-order valence-electron chi connectivity index (χ3n) is 2.82. The predicted octanol–water partition coefficient (Wildman–Crippen LogP) is 1.40. The molecular formula is C11H21NO3. The molecule has 1 heterocycles. The molecule has 1 aliphatic rings. The van der Waals surface area contributed by atoms with Gasteiger partial charge in [-0.05, 0) is 32.2 Å². The van der Waals surface area contributed by atoms with Crippen LogP contribution in [0.2, 0.25) is 0 Å². The van der Waals surface area contributed by atoms with E-state index in [4.69, 9.17) is 9.84 Å². The second-order valence-electron chi connectivity index (χ2n) is 4.07. The van der Waals surface area contributed by atoms with Gasteiger partial charge in [-0.15, -0.1) is 0 Å². The number of carboxylic acids is 1. The number of nitrogens with one attached hydrogen (secondary N) is 1. The zero-order valence-electron chi connectivity index (χ0n) is 9.37. The van der Waals surface area contributed by atoms with Crippen molar-refractivity contribution in [3.05, 3.63) is 0 Å². The SMILES string of the molecule is CCC1CC(NCCCC(=O)O)CCO1. The van der Waals surface area contributed by atoms with Crippen molar-refractivity contribution in [1.82, 2.24) is 5.32 Å². The number of hydrogen-bond acceptors (Lipinski definition) is 3. The Balaban J connectivity index is 2.07. The van der Waals surface area contributed by atoms with Gasteiger partial charge in [-0.3, -0.25) is 4.79 Å². The van der Waals surface area contributed by atoms with E-state index in [9.17, 15) is 4.79 Å². The van der Waals surface area contributed by atoms with Gasteiger partial charge in [-0.2, -0.15) is 0 Å². The lowest BCUT2D eigenvalue weighted by Crippen LogP contribution is -2.39. The molecule has 2 atom stereocenters. The van der Waals surface area contributed by atoms with Crippen LogP contribution in [-0.4, -0.2) is 36.4 Å². The van der Waals surface area contributed by atoms with E-state index in [2.05, 4.69) is 12.2 Å². The zero-order chi connectivity index (χ0) is 11.1. The van der Waals surface area contributed by atoms with Crippen molar-refractivity contribution >= 4 is 5.97 Å². The highest BCUT2D eigenvalue weighted by atomic mass is 16.5. The maximum atomic E-state index is 10.3. The van der Waals surface area contributed by atoms with Gasteiger partial charge in [0.15, 0.2) is 0 Å².